The first-order valence-corrected chi connectivity index (χ1v) is 13.1. The number of carbonyl (C=O) groups excluding carboxylic acids is 4. The number of amides is 5. The summed E-state index contributed by atoms with van der Waals surface area (Å²) in [6, 6.07) is 9.62. The lowest BCUT2D eigenvalue weighted by Gasteiger charge is -2.34. The number of nitrogens with one attached hydrogen (secondary N) is 1. The minimum atomic E-state index is -1.42. The molecular weight excluding hydrogens is 508 g/mol. The maximum Gasteiger partial charge on any atom is 0.327 e. The van der Waals surface area contributed by atoms with E-state index in [1.165, 1.54) is 4.90 Å². The monoisotopic (exact) mass is 541 g/mol. The quantitative estimate of drug-likeness (QED) is 0.518. The first-order valence-electron chi connectivity index (χ1n) is 13.1. The normalized spacial score (nSPS) is 20.5. The van der Waals surface area contributed by atoms with E-state index in [0.717, 1.165) is 9.80 Å². The summed E-state index contributed by atoms with van der Waals surface area (Å²) < 4.78 is 29.3. The number of hydrogen-bond acceptors (Lipinski definition) is 5. The number of nitrogens with zero attached hydrogens (tertiary/aromatic N) is 4. The summed E-state index contributed by atoms with van der Waals surface area (Å²) in [4.78, 5) is 58.8. The highest BCUT2D eigenvalue weighted by molar-refractivity contribution is 5.98. The molecule has 0 bridgehead atoms. The first kappa shape index (κ1) is 28.1. The summed E-state index contributed by atoms with van der Waals surface area (Å²) in [5.74, 6) is -2.22. The van der Waals surface area contributed by atoms with Gasteiger partial charge in [0.25, 0.3) is 0 Å². The molecule has 0 unspecified atom stereocenters. The molecule has 1 N–H and O–H groups in total. The van der Waals surface area contributed by atoms with Crippen LogP contribution in [0.3, 0.4) is 0 Å². The van der Waals surface area contributed by atoms with E-state index in [1.807, 2.05) is 13.8 Å². The number of carbonyl (C=O) groups is 4. The summed E-state index contributed by atoms with van der Waals surface area (Å²) in [6.45, 7) is 4.96. The van der Waals surface area contributed by atoms with Gasteiger partial charge in [-0.1, -0.05) is 50.2 Å². The third kappa shape index (κ3) is 6.07. The molecule has 2 aliphatic rings. The number of rotatable bonds is 8. The highest BCUT2D eigenvalue weighted by Crippen LogP contribution is 2.27. The molecule has 0 aliphatic carbocycles. The van der Waals surface area contributed by atoms with Gasteiger partial charge in [0.15, 0.2) is 0 Å². The Hall–Kier alpha value is -3.89. The number of imide groups is 1. The zero-order chi connectivity index (χ0) is 28.3. The van der Waals surface area contributed by atoms with Crippen LogP contribution in [0.1, 0.15) is 62.4 Å². The van der Waals surface area contributed by atoms with Gasteiger partial charge in [0, 0.05) is 31.5 Å². The Bertz CT molecular complexity index is 1240. The van der Waals surface area contributed by atoms with Gasteiger partial charge in [0.05, 0.1) is 18.3 Å². The fourth-order valence-corrected chi connectivity index (χ4v) is 5.02. The lowest BCUT2D eigenvalue weighted by atomic mass is 9.99. The van der Waals surface area contributed by atoms with Crippen LogP contribution < -0.4 is 5.32 Å². The van der Waals surface area contributed by atoms with Crippen LogP contribution in [0.4, 0.5) is 13.6 Å². The third-order valence-electron chi connectivity index (χ3n) is 7.15. The Morgan fingerprint density at radius 2 is 1.85 bits per heavy atom. The van der Waals surface area contributed by atoms with Crippen molar-refractivity contribution in [3.05, 3.63) is 65.2 Å². The highest BCUT2D eigenvalue weighted by Gasteiger charge is 2.42. The van der Waals surface area contributed by atoms with Gasteiger partial charge in [-0.15, -0.1) is 0 Å². The van der Waals surface area contributed by atoms with Crippen molar-refractivity contribution in [2.24, 2.45) is 0 Å². The van der Waals surface area contributed by atoms with E-state index >= 15 is 0 Å². The van der Waals surface area contributed by atoms with E-state index in [4.69, 9.17) is 0 Å². The van der Waals surface area contributed by atoms with Crippen LogP contribution in [0.25, 0.3) is 0 Å². The molecule has 3 heterocycles. The van der Waals surface area contributed by atoms with Gasteiger partial charge in [-0.3, -0.25) is 19.3 Å². The molecule has 2 aromatic rings. The second-order valence-corrected chi connectivity index (χ2v) is 10.1. The summed E-state index contributed by atoms with van der Waals surface area (Å²) in [5.41, 5.74) is 1.36. The SMILES string of the molecule is CCN1C(=O)CCN(CC(=O)N2C[C@H](F)C[C@H]2C(=O)N[C@@H](c2ccccc2)c2ccc(C(C)C)c(F)n2)C1=O. The Labute approximate surface area is 226 Å². The number of benzene rings is 1. The zero-order valence-corrected chi connectivity index (χ0v) is 22.3. The molecule has 5 amide bonds. The molecule has 39 heavy (non-hydrogen) atoms. The smallest absolute Gasteiger partial charge is 0.327 e. The van der Waals surface area contributed by atoms with Crippen LogP contribution in [0, 0.1) is 5.95 Å². The Balaban J connectivity index is 1.54. The van der Waals surface area contributed by atoms with Crippen molar-refractivity contribution in [1.82, 2.24) is 25.0 Å². The molecule has 208 valence electrons. The van der Waals surface area contributed by atoms with Crippen LogP contribution >= 0.6 is 0 Å². The molecule has 2 aliphatic heterocycles. The first-order chi connectivity index (χ1) is 18.6. The van der Waals surface area contributed by atoms with Gasteiger partial charge in [-0.05, 0) is 24.5 Å². The largest absolute Gasteiger partial charge is 0.342 e. The third-order valence-corrected chi connectivity index (χ3v) is 7.15. The van der Waals surface area contributed by atoms with E-state index in [1.54, 1.807) is 49.4 Å². The number of pyridine rings is 1. The maximum absolute atomic E-state index is 14.8. The summed E-state index contributed by atoms with van der Waals surface area (Å²) >= 11 is 0. The Kier molecular flexibility index (Phi) is 8.57. The number of hydrogen-bond donors (Lipinski definition) is 1. The van der Waals surface area contributed by atoms with Crippen molar-refractivity contribution in [3.8, 4) is 0 Å². The standard InChI is InChI=1S/C28H33F2N5O4/c1-4-34-23(36)12-13-33(28(34)39)16-24(37)35-15-19(29)14-22(35)27(38)32-25(18-8-6-5-7-9-18)21-11-10-20(17(2)3)26(30)31-21/h5-11,17,19,22,25H,4,12-16H2,1-3H3,(H,32,38)/t19-,22+,25+/m1/s1. The van der Waals surface area contributed by atoms with Crippen LogP contribution in [0.15, 0.2) is 42.5 Å². The van der Waals surface area contributed by atoms with E-state index in [0.29, 0.717) is 11.1 Å². The van der Waals surface area contributed by atoms with Crippen LogP contribution in [0.5, 0.6) is 0 Å². The van der Waals surface area contributed by atoms with Crippen molar-refractivity contribution in [2.75, 3.05) is 26.2 Å². The van der Waals surface area contributed by atoms with Gasteiger partial charge in [-0.25, -0.2) is 14.2 Å². The van der Waals surface area contributed by atoms with Crippen LogP contribution in [-0.4, -0.2) is 81.8 Å². The van der Waals surface area contributed by atoms with Gasteiger partial charge < -0.3 is 15.1 Å². The average Bonchev–Trinajstić information content (AvgIpc) is 3.31. The summed E-state index contributed by atoms with van der Waals surface area (Å²) in [5, 5.41) is 2.85. The highest BCUT2D eigenvalue weighted by atomic mass is 19.1. The molecule has 2 fully saturated rings. The van der Waals surface area contributed by atoms with Gasteiger partial charge in [0.1, 0.15) is 18.8 Å². The fourth-order valence-electron chi connectivity index (χ4n) is 5.02. The second kappa shape index (κ2) is 11.9. The lowest BCUT2D eigenvalue weighted by molar-refractivity contribution is -0.140. The van der Waals surface area contributed by atoms with Crippen molar-refractivity contribution >= 4 is 23.8 Å². The predicted molar refractivity (Wildman–Crippen MR) is 139 cm³/mol. The molecule has 2 saturated heterocycles. The molecule has 9 nitrogen and oxygen atoms in total. The molecule has 1 aromatic heterocycles. The van der Waals surface area contributed by atoms with Crippen molar-refractivity contribution < 1.29 is 28.0 Å². The molecule has 3 atom stereocenters. The molecule has 0 radical (unpaired) electrons. The van der Waals surface area contributed by atoms with Gasteiger partial charge >= 0.3 is 6.03 Å². The molecule has 4 rings (SSSR count). The second-order valence-electron chi connectivity index (χ2n) is 10.1. The van der Waals surface area contributed by atoms with Gasteiger partial charge in [0.2, 0.25) is 23.7 Å². The maximum atomic E-state index is 14.8. The molecule has 0 saturated carbocycles. The topological polar surface area (TPSA) is 103 Å². The molecule has 0 spiro atoms. The van der Waals surface area contributed by atoms with E-state index in [-0.39, 0.29) is 56.5 Å². The lowest BCUT2D eigenvalue weighted by Crippen LogP contribution is -2.56. The van der Waals surface area contributed by atoms with Crippen molar-refractivity contribution in [3.63, 3.8) is 0 Å². The fraction of sp³-hybridized carbons (Fsp3) is 0.464. The van der Waals surface area contributed by atoms with E-state index in [2.05, 4.69) is 10.3 Å². The number of alkyl halides is 1. The summed E-state index contributed by atoms with van der Waals surface area (Å²) in [6.07, 6.45) is -1.55. The molecule has 1 aromatic carbocycles. The van der Waals surface area contributed by atoms with Crippen molar-refractivity contribution in [1.29, 1.82) is 0 Å². The van der Waals surface area contributed by atoms with E-state index < -0.39 is 42.0 Å². The Morgan fingerprint density at radius 1 is 1.13 bits per heavy atom. The number of urea groups is 1. The van der Waals surface area contributed by atoms with Crippen LogP contribution in [0.2, 0.25) is 0 Å². The van der Waals surface area contributed by atoms with Crippen molar-refractivity contribution in [2.45, 2.75) is 57.8 Å². The molecule has 11 heteroatoms. The molecular formula is C28H33F2N5O4. The van der Waals surface area contributed by atoms with E-state index in [9.17, 15) is 28.0 Å². The minimum Gasteiger partial charge on any atom is -0.342 e. The minimum absolute atomic E-state index is 0.0728. The zero-order valence-electron chi connectivity index (χ0n) is 22.3. The predicted octanol–water partition coefficient (Wildman–Crippen LogP) is 3.16. The summed E-state index contributed by atoms with van der Waals surface area (Å²) in [7, 11) is 0. The Morgan fingerprint density at radius 3 is 2.49 bits per heavy atom. The number of likely N-dealkylation sites (tertiary alicyclic amines) is 1. The number of aromatic nitrogens is 1. The number of halogens is 2. The van der Waals surface area contributed by atoms with Crippen LogP contribution in [-0.2, 0) is 14.4 Å². The van der Waals surface area contributed by atoms with Gasteiger partial charge in [-0.2, -0.15) is 4.39 Å². The average molecular weight is 542 g/mol.